The third-order valence-electron chi connectivity index (χ3n) is 1.21. The molecule has 0 aliphatic rings. The van der Waals surface area contributed by atoms with Crippen molar-refractivity contribution in [3.8, 4) is 0 Å². The zero-order valence-electron chi connectivity index (χ0n) is 14.6. The van der Waals surface area contributed by atoms with Crippen LogP contribution in [-0.2, 0) is 43.4 Å². The van der Waals surface area contributed by atoms with Gasteiger partial charge in [-0.2, -0.15) is 26.7 Å². The van der Waals surface area contributed by atoms with Gasteiger partial charge in [0.1, 0.15) is 0 Å². The molecule has 1 nitrogen and oxygen atoms in total. The molecule has 3 heteroatoms. The average Bonchev–Trinajstić information content (AvgIpc) is 2.27. The second-order valence-electron chi connectivity index (χ2n) is 2.41. The Bertz CT molecular complexity index is 35.7. The number of rotatable bonds is 4. The van der Waals surface area contributed by atoms with Crippen molar-refractivity contribution in [2.45, 2.75) is 66.2 Å². The molecule has 0 rings (SSSR count). The molecule has 0 aliphatic heterocycles. The Morgan fingerprint density at radius 1 is 0.632 bits per heavy atom. The fraction of sp³-hybridized carbons (Fsp3) is 0.625. The quantitative estimate of drug-likeness (QED) is 0.458. The molecule has 2 N–H and O–H groups in total. The topological polar surface area (TPSA) is 31.5 Å². The minimum absolute atomic E-state index is 0. The standard InChI is InChI=1S/2C5H11.2C2H5.2CH3.H2O.2Ti/c2*1-3-5-4-2;2*1-2;;;;;/h2*1,3-5H2,2H3;2*1H2,2H3;2*1H3;1H2;;/q6*-1;;2*+3. The zero-order valence-corrected chi connectivity index (χ0v) is 17.7. The molecule has 0 heterocycles. The first-order valence-electron chi connectivity index (χ1n) is 5.83. The fourth-order valence-electron chi connectivity index (χ4n) is 0.500. The van der Waals surface area contributed by atoms with Gasteiger partial charge in [0.05, 0.1) is 0 Å². The third-order valence-corrected chi connectivity index (χ3v) is 1.21. The minimum atomic E-state index is 0. The molecule has 0 saturated heterocycles. The summed E-state index contributed by atoms with van der Waals surface area (Å²) in [7, 11) is 0. The predicted octanol–water partition coefficient (Wildman–Crippen LogP) is 5.77. The Morgan fingerprint density at radius 3 is 0.789 bits per heavy atom. The van der Waals surface area contributed by atoms with Crippen LogP contribution in [0.3, 0.4) is 0 Å². The van der Waals surface area contributed by atoms with E-state index in [9.17, 15) is 0 Å². The third kappa shape index (κ3) is 202. The Hall–Kier alpha value is 1.39. The van der Waals surface area contributed by atoms with Crippen molar-refractivity contribution in [3.63, 3.8) is 0 Å². The van der Waals surface area contributed by atoms with Gasteiger partial charge in [-0.05, 0) is 0 Å². The molecule has 0 atom stereocenters. The van der Waals surface area contributed by atoms with Crippen LogP contribution in [-0.4, -0.2) is 5.48 Å². The molecular formula is C16H40OTi2. The SMILES string of the molecule is O.[CH2-]C.[CH2-]C.[CH2-]CCCC.[CH2-]CCCC.[CH3-].[CH3-].[Ti+3].[Ti+3]. The number of hydrogen-bond donors (Lipinski definition) is 0. The maximum absolute atomic E-state index is 3.68. The molecule has 0 saturated carbocycles. The van der Waals surface area contributed by atoms with Crippen LogP contribution in [0.4, 0.5) is 0 Å². The largest absolute Gasteiger partial charge is 3.00 e. The normalized spacial score (nSPS) is 5.05. The van der Waals surface area contributed by atoms with E-state index in [2.05, 4.69) is 41.5 Å². The van der Waals surface area contributed by atoms with Crippen LogP contribution in [0.25, 0.3) is 0 Å². The van der Waals surface area contributed by atoms with Gasteiger partial charge in [0.2, 0.25) is 0 Å². The molecule has 2 radical (unpaired) electrons. The maximum atomic E-state index is 3.68. The molecule has 118 valence electrons. The van der Waals surface area contributed by atoms with Gasteiger partial charge in [-0.1, -0.05) is 39.5 Å². The van der Waals surface area contributed by atoms with Gasteiger partial charge in [0, 0.05) is 0 Å². The Labute approximate surface area is 157 Å². The first-order chi connectivity index (χ1) is 6.83. The van der Waals surface area contributed by atoms with Gasteiger partial charge < -0.3 is 48.0 Å². The van der Waals surface area contributed by atoms with E-state index >= 15 is 0 Å². The van der Waals surface area contributed by atoms with Crippen LogP contribution in [0.15, 0.2) is 0 Å². The van der Waals surface area contributed by atoms with Gasteiger partial charge in [-0.3, -0.25) is 0 Å². The van der Waals surface area contributed by atoms with E-state index in [1.54, 1.807) is 13.8 Å². The summed E-state index contributed by atoms with van der Waals surface area (Å²) >= 11 is 0. The van der Waals surface area contributed by atoms with Crippen LogP contribution in [0.2, 0.25) is 0 Å². The number of hydrogen-bond acceptors (Lipinski definition) is 0. The summed E-state index contributed by atoms with van der Waals surface area (Å²) in [6.07, 6.45) is 7.31. The molecule has 0 aliphatic carbocycles. The summed E-state index contributed by atoms with van der Waals surface area (Å²) in [5, 5.41) is 0. The molecule has 0 aromatic rings. The zero-order chi connectivity index (χ0) is 12.2. The second-order valence-corrected chi connectivity index (χ2v) is 2.41. The van der Waals surface area contributed by atoms with E-state index in [4.69, 9.17) is 0 Å². The van der Waals surface area contributed by atoms with Crippen molar-refractivity contribution >= 4 is 0 Å². The van der Waals surface area contributed by atoms with Crippen molar-refractivity contribution in [2.75, 3.05) is 0 Å². The predicted molar refractivity (Wildman–Crippen MR) is 88.3 cm³/mol. The molecule has 0 amide bonds. The van der Waals surface area contributed by atoms with Gasteiger partial charge in [-0.25, -0.2) is 0 Å². The smallest absolute Gasteiger partial charge is 0.412 e. The van der Waals surface area contributed by atoms with E-state index in [1.165, 1.54) is 25.7 Å². The molecule has 0 aromatic carbocycles. The Kier molecular flexibility index (Phi) is 374. The average molecular weight is 344 g/mol. The summed E-state index contributed by atoms with van der Waals surface area (Å²) in [5.74, 6) is 0. The molecule has 0 spiro atoms. The van der Waals surface area contributed by atoms with Crippen molar-refractivity contribution in [2.24, 2.45) is 0 Å². The molecule has 0 bridgehead atoms. The number of unbranched alkanes of at least 4 members (excludes halogenated alkanes) is 4. The van der Waals surface area contributed by atoms with Crippen LogP contribution in [0.1, 0.15) is 66.2 Å². The van der Waals surface area contributed by atoms with E-state index in [-0.39, 0.29) is 63.8 Å². The Morgan fingerprint density at radius 2 is 0.789 bits per heavy atom. The van der Waals surface area contributed by atoms with Gasteiger partial charge >= 0.3 is 43.4 Å². The summed E-state index contributed by atoms with van der Waals surface area (Å²) in [4.78, 5) is 0. The van der Waals surface area contributed by atoms with E-state index < -0.39 is 0 Å². The van der Waals surface area contributed by atoms with Crippen molar-refractivity contribution < 1.29 is 48.9 Å². The monoisotopic (exact) mass is 344 g/mol. The Balaban J connectivity index is -0.00000000984. The fourth-order valence-corrected chi connectivity index (χ4v) is 0.500. The molecule has 0 aromatic heterocycles. The summed E-state index contributed by atoms with van der Waals surface area (Å²) < 4.78 is 0. The van der Waals surface area contributed by atoms with Gasteiger partial charge in [0.25, 0.3) is 0 Å². The van der Waals surface area contributed by atoms with Gasteiger partial charge in [-0.15, -0.1) is 0 Å². The van der Waals surface area contributed by atoms with Gasteiger partial charge in [0.15, 0.2) is 0 Å². The van der Waals surface area contributed by atoms with Crippen LogP contribution in [0.5, 0.6) is 0 Å². The van der Waals surface area contributed by atoms with E-state index in [1.807, 2.05) is 0 Å². The van der Waals surface area contributed by atoms with Crippen LogP contribution >= 0.6 is 0 Å². The second kappa shape index (κ2) is 120. The summed E-state index contributed by atoms with van der Waals surface area (Å²) in [5.41, 5.74) is 0. The first-order valence-corrected chi connectivity index (χ1v) is 5.83. The summed E-state index contributed by atoms with van der Waals surface area (Å²) in [6.45, 7) is 21.7. The maximum Gasteiger partial charge on any atom is 3.00 e. The van der Waals surface area contributed by atoms with E-state index in [0.29, 0.717) is 0 Å². The molecular weight excluding hydrogens is 304 g/mol. The van der Waals surface area contributed by atoms with Crippen molar-refractivity contribution in [1.82, 2.24) is 0 Å². The first kappa shape index (κ1) is 59.1. The van der Waals surface area contributed by atoms with Crippen molar-refractivity contribution in [1.29, 1.82) is 0 Å². The van der Waals surface area contributed by atoms with Crippen LogP contribution in [0, 0.1) is 42.5 Å². The summed E-state index contributed by atoms with van der Waals surface area (Å²) in [6, 6.07) is 0. The van der Waals surface area contributed by atoms with E-state index in [0.717, 1.165) is 12.8 Å². The molecule has 19 heavy (non-hydrogen) atoms. The minimum Gasteiger partial charge on any atom is -0.412 e. The van der Waals surface area contributed by atoms with Crippen LogP contribution < -0.4 is 0 Å². The molecule has 0 fully saturated rings. The van der Waals surface area contributed by atoms with Crippen molar-refractivity contribution in [3.05, 3.63) is 42.5 Å². The molecule has 0 unspecified atom stereocenters.